The Morgan fingerprint density at radius 2 is 1.88 bits per heavy atom. The maximum Gasteiger partial charge on any atom is 0.302 e. The number of rotatable bonds is 4. The number of nitrogens with one attached hydrogen (secondary N) is 3. The fraction of sp³-hybridized carbons (Fsp3) is 0.0800. The van der Waals surface area contributed by atoms with Crippen LogP contribution in [0.3, 0.4) is 0 Å². The van der Waals surface area contributed by atoms with E-state index >= 15 is 0 Å². The maximum atomic E-state index is 13.6. The SMILES string of the molecule is CC1=C(C(=O)Nc2cccc(F)c2)C(c2ccccc2Cl)N=C(Nc2nc3ccccc3o2)N1. The summed E-state index contributed by atoms with van der Waals surface area (Å²) < 4.78 is 19.4. The largest absolute Gasteiger partial charge is 0.423 e. The third-order valence-corrected chi connectivity index (χ3v) is 5.63. The van der Waals surface area contributed by atoms with Crippen LogP contribution in [0.1, 0.15) is 18.5 Å². The fourth-order valence-corrected chi connectivity index (χ4v) is 3.99. The quantitative estimate of drug-likeness (QED) is 0.355. The highest BCUT2D eigenvalue weighted by Crippen LogP contribution is 2.35. The van der Waals surface area contributed by atoms with Crippen LogP contribution in [0.4, 0.5) is 16.1 Å². The zero-order chi connectivity index (χ0) is 23.7. The molecule has 0 bridgehead atoms. The summed E-state index contributed by atoms with van der Waals surface area (Å²) in [5.41, 5.74) is 3.21. The van der Waals surface area contributed by atoms with Crippen molar-refractivity contribution in [3.05, 3.63) is 100 Å². The zero-order valence-electron chi connectivity index (χ0n) is 18.0. The monoisotopic (exact) mass is 475 g/mol. The van der Waals surface area contributed by atoms with Gasteiger partial charge in [0.25, 0.3) is 5.91 Å². The van der Waals surface area contributed by atoms with Gasteiger partial charge in [-0.1, -0.05) is 48.0 Å². The van der Waals surface area contributed by atoms with E-state index in [4.69, 9.17) is 21.0 Å². The molecule has 170 valence electrons. The number of oxazole rings is 1. The van der Waals surface area contributed by atoms with Gasteiger partial charge in [0, 0.05) is 22.0 Å². The van der Waals surface area contributed by atoms with Crippen molar-refractivity contribution in [1.82, 2.24) is 10.3 Å². The summed E-state index contributed by atoms with van der Waals surface area (Å²) >= 11 is 6.47. The molecule has 4 aromatic rings. The van der Waals surface area contributed by atoms with E-state index in [9.17, 15) is 9.18 Å². The van der Waals surface area contributed by atoms with Gasteiger partial charge < -0.3 is 15.1 Å². The van der Waals surface area contributed by atoms with Crippen LogP contribution in [0.15, 0.2) is 93.5 Å². The van der Waals surface area contributed by atoms with E-state index in [0.29, 0.717) is 44.6 Å². The predicted octanol–water partition coefficient (Wildman–Crippen LogP) is 5.65. The Morgan fingerprint density at radius 1 is 1.09 bits per heavy atom. The molecule has 7 nitrogen and oxygen atoms in total. The highest BCUT2D eigenvalue weighted by Gasteiger charge is 2.31. The third-order valence-electron chi connectivity index (χ3n) is 5.29. The molecular weight excluding hydrogens is 457 g/mol. The first-order valence-corrected chi connectivity index (χ1v) is 10.9. The lowest BCUT2D eigenvalue weighted by Crippen LogP contribution is -2.37. The maximum absolute atomic E-state index is 13.6. The van der Waals surface area contributed by atoms with E-state index < -0.39 is 17.8 Å². The van der Waals surface area contributed by atoms with E-state index in [1.165, 1.54) is 18.2 Å². The second kappa shape index (κ2) is 8.99. The lowest BCUT2D eigenvalue weighted by atomic mass is 9.95. The summed E-state index contributed by atoms with van der Waals surface area (Å²) in [5, 5.41) is 9.34. The highest BCUT2D eigenvalue weighted by molar-refractivity contribution is 6.31. The van der Waals surface area contributed by atoms with Crippen LogP contribution in [0.5, 0.6) is 0 Å². The van der Waals surface area contributed by atoms with Gasteiger partial charge in [0.1, 0.15) is 17.4 Å². The second-order valence-corrected chi connectivity index (χ2v) is 8.05. The molecule has 1 aliphatic rings. The summed E-state index contributed by atoms with van der Waals surface area (Å²) in [4.78, 5) is 22.4. The number of aromatic nitrogens is 1. The van der Waals surface area contributed by atoms with E-state index in [1.54, 1.807) is 25.1 Å². The van der Waals surface area contributed by atoms with Gasteiger partial charge in [-0.15, -0.1) is 0 Å². The first kappa shape index (κ1) is 21.7. The summed E-state index contributed by atoms with van der Waals surface area (Å²) in [7, 11) is 0. The lowest BCUT2D eigenvalue weighted by Gasteiger charge is -2.27. The average molecular weight is 476 g/mol. The minimum atomic E-state index is -0.726. The molecule has 1 amide bonds. The molecule has 3 aromatic carbocycles. The van der Waals surface area contributed by atoms with Gasteiger partial charge in [-0.3, -0.25) is 10.1 Å². The molecule has 1 aromatic heterocycles. The second-order valence-electron chi connectivity index (χ2n) is 7.64. The van der Waals surface area contributed by atoms with Gasteiger partial charge in [0.15, 0.2) is 5.58 Å². The molecule has 3 N–H and O–H groups in total. The topological polar surface area (TPSA) is 91.5 Å². The van der Waals surface area contributed by atoms with Crippen molar-refractivity contribution in [2.24, 2.45) is 4.99 Å². The molecule has 2 heterocycles. The number of allylic oxidation sites excluding steroid dienone is 1. The Morgan fingerprint density at radius 3 is 2.68 bits per heavy atom. The van der Waals surface area contributed by atoms with Gasteiger partial charge in [-0.2, -0.15) is 4.98 Å². The molecule has 34 heavy (non-hydrogen) atoms. The number of anilines is 2. The number of hydrogen-bond donors (Lipinski definition) is 3. The Hall–Kier alpha value is -4.17. The van der Waals surface area contributed by atoms with Crippen molar-refractivity contribution in [3.63, 3.8) is 0 Å². The number of nitrogens with zero attached hydrogens (tertiary/aromatic N) is 2. The molecule has 5 rings (SSSR count). The molecule has 0 spiro atoms. The van der Waals surface area contributed by atoms with Gasteiger partial charge >= 0.3 is 6.01 Å². The summed E-state index contributed by atoms with van der Waals surface area (Å²) in [6, 6.07) is 19.8. The summed E-state index contributed by atoms with van der Waals surface area (Å²) in [6.45, 7) is 1.76. The number of fused-ring (bicyclic) bond motifs is 1. The first-order valence-electron chi connectivity index (χ1n) is 10.5. The first-order chi connectivity index (χ1) is 16.5. The molecule has 1 atom stereocenters. The van der Waals surface area contributed by atoms with Crippen molar-refractivity contribution in [2.45, 2.75) is 13.0 Å². The number of guanidine groups is 1. The number of amides is 1. The van der Waals surface area contributed by atoms with E-state index in [-0.39, 0.29) is 6.01 Å². The summed E-state index contributed by atoms with van der Waals surface area (Å²) in [5.74, 6) is -0.530. The van der Waals surface area contributed by atoms with Crippen molar-refractivity contribution in [3.8, 4) is 0 Å². The van der Waals surface area contributed by atoms with Crippen molar-refractivity contribution >= 4 is 46.3 Å². The molecule has 0 saturated carbocycles. The molecule has 1 aliphatic heterocycles. The number of aliphatic imine (C=N–C) groups is 1. The lowest BCUT2D eigenvalue weighted by molar-refractivity contribution is -0.113. The molecule has 9 heteroatoms. The van der Waals surface area contributed by atoms with Crippen LogP contribution in [-0.2, 0) is 4.79 Å². The van der Waals surface area contributed by atoms with Crippen LogP contribution in [0.2, 0.25) is 5.02 Å². The standard InChI is InChI=1S/C25H19ClFN5O2/c1-14-21(23(33)29-16-8-6-7-15(27)13-16)22(17-9-2-3-10-18(17)26)31-24(28-14)32-25-30-19-11-4-5-12-20(19)34-25/h2-13,22H,1H3,(H,29,33)(H2,28,30,31,32). The van der Waals surface area contributed by atoms with Crippen LogP contribution in [0.25, 0.3) is 11.1 Å². The van der Waals surface area contributed by atoms with Gasteiger partial charge in [0.2, 0.25) is 5.96 Å². The normalized spacial score (nSPS) is 15.6. The minimum Gasteiger partial charge on any atom is -0.423 e. The molecule has 1 unspecified atom stereocenters. The Labute approximate surface area is 199 Å². The number of carbonyl (C=O) groups excluding carboxylic acids is 1. The minimum absolute atomic E-state index is 0.255. The number of para-hydroxylation sites is 2. The van der Waals surface area contributed by atoms with Gasteiger partial charge in [0.05, 0.1) is 5.57 Å². The van der Waals surface area contributed by atoms with E-state index in [1.807, 2.05) is 36.4 Å². The number of hydrogen-bond acceptors (Lipinski definition) is 6. The van der Waals surface area contributed by atoms with Crippen molar-refractivity contribution in [2.75, 3.05) is 10.6 Å². The van der Waals surface area contributed by atoms with Crippen LogP contribution in [-0.4, -0.2) is 16.9 Å². The molecular formula is C25H19ClFN5O2. The summed E-state index contributed by atoms with van der Waals surface area (Å²) in [6.07, 6.45) is 0. The highest BCUT2D eigenvalue weighted by atomic mass is 35.5. The number of halogens is 2. The number of carbonyl (C=O) groups is 1. The third kappa shape index (κ3) is 4.35. The van der Waals surface area contributed by atoms with E-state index in [2.05, 4.69) is 20.9 Å². The Bertz CT molecular complexity index is 1430. The Balaban J connectivity index is 1.49. The molecule has 0 aliphatic carbocycles. The van der Waals surface area contributed by atoms with Gasteiger partial charge in [-0.25, -0.2) is 9.38 Å². The van der Waals surface area contributed by atoms with Crippen molar-refractivity contribution in [1.29, 1.82) is 0 Å². The Kier molecular flexibility index (Phi) is 5.73. The van der Waals surface area contributed by atoms with Crippen LogP contribution in [0, 0.1) is 5.82 Å². The predicted molar refractivity (Wildman–Crippen MR) is 130 cm³/mol. The molecule has 0 saturated heterocycles. The van der Waals surface area contributed by atoms with Crippen LogP contribution >= 0.6 is 11.6 Å². The smallest absolute Gasteiger partial charge is 0.302 e. The average Bonchev–Trinajstić information content (AvgIpc) is 3.21. The number of benzene rings is 3. The zero-order valence-corrected chi connectivity index (χ0v) is 18.7. The van der Waals surface area contributed by atoms with Crippen LogP contribution < -0.4 is 16.0 Å². The van der Waals surface area contributed by atoms with Gasteiger partial charge in [-0.05, 0) is 43.3 Å². The molecule has 0 radical (unpaired) electrons. The fourth-order valence-electron chi connectivity index (χ4n) is 3.75. The van der Waals surface area contributed by atoms with E-state index in [0.717, 1.165) is 0 Å². The molecule has 0 fully saturated rings. The van der Waals surface area contributed by atoms with Crippen molar-refractivity contribution < 1.29 is 13.6 Å².